The number of hydrogen-bond donors (Lipinski definition) is 1. The van der Waals surface area contributed by atoms with Crippen LogP contribution in [0, 0.1) is 11.2 Å². The molecular formula is C18H22ClFN4O2. The molecule has 0 atom stereocenters. The third-order valence-electron chi connectivity index (χ3n) is 5.31. The van der Waals surface area contributed by atoms with Crippen molar-refractivity contribution in [2.24, 2.45) is 5.41 Å². The van der Waals surface area contributed by atoms with Gasteiger partial charge in [-0.25, -0.2) is 9.37 Å². The predicted octanol–water partition coefficient (Wildman–Crippen LogP) is 3.35. The van der Waals surface area contributed by atoms with Gasteiger partial charge in [0.2, 0.25) is 0 Å². The molecule has 1 N–H and O–H groups in total. The van der Waals surface area contributed by atoms with Gasteiger partial charge in [-0.1, -0.05) is 24.4 Å². The number of ether oxygens (including phenoxy) is 1. The molecule has 26 heavy (non-hydrogen) atoms. The van der Waals surface area contributed by atoms with Crippen molar-refractivity contribution in [1.82, 2.24) is 15.0 Å². The van der Waals surface area contributed by atoms with E-state index >= 15 is 0 Å². The first kappa shape index (κ1) is 17.7. The maximum Gasteiger partial charge on any atom is 0.319 e. The molecule has 4 rings (SSSR count). The van der Waals surface area contributed by atoms with E-state index in [4.69, 9.17) is 16.3 Å². The lowest BCUT2D eigenvalue weighted by molar-refractivity contribution is 0.140. The number of aliphatic hydroxyl groups excluding tert-OH is 1. The Morgan fingerprint density at radius 2 is 1.92 bits per heavy atom. The van der Waals surface area contributed by atoms with Crippen molar-refractivity contribution in [2.45, 2.75) is 38.5 Å². The van der Waals surface area contributed by atoms with Crippen LogP contribution >= 0.6 is 11.6 Å². The first-order valence-corrected chi connectivity index (χ1v) is 9.50. The van der Waals surface area contributed by atoms with Crippen LogP contribution in [0.1, 0.15) is 38.5 Å². The van der Waals surface area contributed by atoms with Crippen LogP contribution in [0.15, 0.2) is 6.20 Å². The molecule has 0 amide bonds. The lowest BCUT2D eigenvalue weighted by Gasteiger charge is -2.23. The van der Waals surface area contributed by atoms with Crippen LogP contribution in [0.2, 0.25) is 5.15 Å². The molecule has 2 fully saturated rings. The summed E-state index contributed by atoms with van der Waals surface area (Å²) in [6.07, 6.45) is 7.86. The van der Waals surface area contributed by atoms with Gasteiger partial charge in [0, 0.05) is 24.7 Å². The Labute approximate surface area is 156 Å². The molecule has 0 radical (unpaired) electrons. The Hall–Kier alpha value is -1.73. The lowest BCUT2D eigenvalue weighted by Crippen LogP contribution is -2.26. The van der Waals surface area contributed by atoms with E-state index in [9.17, 15) is 9.50 Å². The summed E-state index contributed by atoms with van der Waals surface area (Å²) in [7, 11) is 0. The van der Waals surface area contributed by atoms with Gasteiger partial charge in [-0.3, -0.25) is 0 Å². The molecular weight excluding hydrogens is 359 g/mol. The zero-order valence-electron chi connectivity index (χ0n) is 14.5. The maximum absolute atomic E-state index is 14.6. The third-order valence-corrected chi connectivity index (χ3v) is 5.57. The van der Waals surface area contributed by atoms with Crippen LogP contribution in [0.3, 0.4) is 0 Å². The maximum atomic E-state index is 14.6. The monoisotopic (exact) mass is 380 g/mol. The molecule has 0 aromatic carbocycles. The van der Waals surface area contributed by atoms with E-state index in [1.54, 1.807) is 0 Å². The molecule has 3 heterocycles. The van der Waals surface area contributed by atoms with Crippen molar-refractivity contribution in [3.05, 3.63) is 17.2 Å². The minimum Gasteiger partial charge on any atom is -0.463 e. The molecule has 1 saturated carbocycles. The molecule has 2 aromatic heterocycles. The largest absolute Gasteiger partial charge is 0.463 e. The Morgan fingerprint density at radius 1 is 1.19 bits per heavy atom. The summed E-state index contributed by atoms with van der Waals surface area (Å²) in [5, 5.41) is 9.80. The fourth-order valence-corrected chi connectivity index (χ4v) is 3.47. The highest BCUT2D eigenvalue weighted by Gasteiger charge is 2.43. The van der Waals surface area contributed by atoms with E-state index in [0.29, 0.717) is 17.8 Å². The van der Waals surface area contributed by atoms with Crippen LogP contribution in [0.5, 0.6) is 6.01 Å². The molecule has 0 unspecified atom stereocenters. The average Bonchev–Trinajstić information content (AvgIpc) is 3.47. The van der Waals surface area contributed by atoms with Gasteiger partial charge in [-0.15, -0.1) is 0 Å². The first-order chi connectivity index (χ1) is 12.6. The van der Waals surface area contributed by atoms with E-state index in [1.165, 1.54) is 19.0 Å². The van der Waals surface area contributed by atoms with Crippen molar-refractivity contribution < 1.29 is 14.2 Å². The van der Waals surface area contributed by atoms with Crippen molar-refractivity contribution in [2.75, 3.05) is 31.2 Å². The summed E-state index contributed by atoms with van der Waals surface area (Å²) in [4.78, 5) is 14.9. The average molecular weight is 381 g/mol. The predicted molar refractivity (Wildman–Crippen MR) is 97.2 cm³/mol. The van der Waals surface area contributed by atoms with E-state index in [-0.39, 0.29) is 28.7 Å². The Bertz CT molecular complexity index is 807. The molecule has 0 spiro atoms. The summed E-state index contributed by atoms with van der Waals surface area (Å²) in [5.41, 5.74) is -0.0710. The second-order valence-corrected chi connectivity index (χ2v) is 7.66. The SMILES string of the molecule is OCC1(COc2nc(N3CCCCCC3)c3cnc(Cl)c(F)c3n2)CC1. The molecule has 1 aliphatic heterocycles. The van der Waals surface area contributed by atoms with Crippen LogP contribution < -0.4 is 9.64 Å². The van der Waals surface area contributed by atoms with E-state index in [0.717, 1.165) is 38.8 Å². The van der Waals surface area contributed by atoms with Gasteiger partial charge >= 0.3 is 6.01 Å². The van der Waals surface area contributed by atoms with Crippen LogP contribution in [-0.4, -0.2) is 46.4 Å². The van der Waals surface area contributed by atoms with Gasteiger partial charge in [0.15, 0.2) is 11.0 Å². The number of pyridine rings is 1. The minimum absolute atomic E-state index is 0.0731. The number of hydrogen-bond acceptors (Lipinski definition) is 6. The molecule has 8 heteroatoms. The second kappa shape index (κ2) is 7.12. The van der Waals surface area contributed by atoms with Crippen LogP contribution in [-0.2, 0) is 0 Å². The summed E-state index contributed by atoms with van der Waals surface area (Å²) >= 11 is 5.85. The summed E-state index contributed by atoms with van der Waals surface area (Å²) in [5.74, 6) is -0.0143. The third kappa shape index (κ3) is 3.42. The standard InChI is InChI=1S/C18H22ClFN4O2/c19-15-13(20)14-12(9-21-15)16(24-7-3-1-2-4-8-24)23-17(22-14)26-11-18(10-25)5-6-18/h9,25H,1-8,10-11H2. The zero-order valence-corrected chi connectivity index (χ0v) is 15.3. The summed E-state index contributed by atoms with van der Waals surface area (Å²) in [6, 6.07) is 0.123. The molecule has 6 nitrogen and oxygen atoms in total. The Kier molecular flexibility index (Phi) is 4.84. The number of rotatable bonds is 5. The molecule has 140 valence electrons. The van der Waals surface area contributed by atoms with E-state index < -0.39 is 5.82 Å². The normalized spacial score (nSPS) is 19.4. The topological polar surface area (TPSA) is 71.4 Å². The zero-order chi connectivity index (χ0) is 18.1. The smallest absolute Gasteiger partial charge is 0.319 e. The van der Waals surface area contributed by atoms with Gasteiger partial charge in [0.05, 0.1) is 18.6 Å². The highest BCUT2D eigenvalue weighted by atomic mass is 35.5. The number of aromatic nitrogens is 3. The number of anilines is 1. The second-order valence-electron chi connectivity index (χ2n) is 7.30. The molecule has 0 bridgehead atoms. The summed E-state index contributed by atoms with van der Waals surface area (Å²) in [6.45, 7) is 2.12. The van der Waals surface area contributed by atoms with Crippen molar-refractivity contribution in [3.63, 3.8) is 0 Å². The molecule has 2 aromatic rings. The van der Waals surface area contributed by atoms with E-state index in [2.05, 4.69) is 19.9 Å². The Balaban J connectivity index is 1.73. The van der Waals surface area contributed by atoms with Crippen molar-refractivity contribution in [3.8, 4) is 6.01 Å². The number of nitrogens with zero attached hydrogens (tertiary/aromatic N) is 4. The van der Waals surface area contributed by atoms with Gasteiger partial charge in [-0.05, 0) is 25.7 Å². The van der Waals surface area contributed by atoms with Gasteiger partial charge in [0.25, 0.3) is 0 Å². The number of fused-ring (bicyclic) bond motifs is 1. The van der Waals surface area contributed by atoms with E-state index in [1.807, 2.05) is 0 Å². The fourth-order valence-electron chi connectivity index (χ4n) is 3.33. The van der Waals surface area contributed by atoms with Gasteiger partial charge in [0.1, 0.15) is 11.3 Å². The molecule has 1 saturated heterocycles. The first-order valence-electron chi connectivity index (χ1n) is 9.12. The summed E-state index contributed by atoms with van der Waals surface area (Å²) < 4.78 is 20.3. The van der Waals surface area contributed by atoms with Crippen molar-refractivity contribution >= 4 is 28.3 Å². The van der Waals surface area contributed by atoms with Crippen molar-refractivity contribution in [1.29, 1.82) is 0 Å². The molecule has 2 aliphatic rings. The molecule has 1 aliphatic carbocycles. The number of aliphatic hydroxyl groups is 1. The fraction of sp³-hybridized carbons (Fsp3) is 0.611. The van der Waals surface area contributed by atoms with Crippen LogP contribution in [0.4, 0.5) is 10.2 Å². The number of halogens is 2. The lowest BCUT2D eigenvalue weighted by atomic mass is 10.1. The quantitative estimate of drug-likeness (QED) is 0.802. The van der Waals surface area contributed by atoms with Gasteiger partial charge in [-0.2, -0.15) is 9.97 Å². The Morgan fingerprint density at radius 3 is 2.58 bits per heavy atom. The minimum atomic E-state index is -0.657. The van der Waals surface area contributed by atoms with Crippen LogP contribution in [0.25, 0.3) is 10.9 Å². The highest BCUT2D eigenvalue weighted by molar-refractivity contribution is 6.30. The highest BCUT2D eigenvalue weighted by Crippen LogP contribution is 2.45. The van der Waals surface area contributed by atoms with Gasteiger partial charge < -0.3 is 14.7 Å².